The second-order valence-electron chi connectivity index (χ2n) is 5.17. The summed E-state index contributed by atoms with van der Waals surface area (Å²) in [5, 5.41) is 2.76. The highest BCUT2D eigenvalue weighted by Crippen LogP contribution is 2.12. The van der Waals surface area contributed by atoms with Gasteiger partial charge in [0.1, 0.15) is 0 Å². The Hall–Kier alpha value is -2.66. The molecule has 0 aliphatic heterocycles. The fraction of sp³-hybridized carbons (Fsp3) is 0.222. The van der Waals surface area contributed by atoms with E-state index in [1.54, 1.807) is 38.4 Å². The summed E-state index contributed by atoms with van der Waals surface area (Å²) in [6, 6.07) is 16.4. The topological polar surface area (TPSA) is 58.6 Å². The molecule has 0 radical (unpaired) electrons. The number of hydrogen-bond acceptors (Lipinski definition) is 3. The van der Waals surface area contributed by atoms with Crippen molar-refractivity contribution in [3.63, 3.8) is 0 Å². The van der Waals surface area contributed by atoms with Crippen LogP contribution in [0.25, 0.3) is 0 Å². The molecule has 0 saturated heterocycles. The first kappa shape index (κ1) is 16.7. The van der Waals surface area contributed by atoms with E-state index in [9.17, 15) is 9.59 Å². The van der Waals surface area contributed by atoms with E-state index in [1.807, 2.05) is 30.3 Å². The number of para-hydroxylation sites is 1. The lowest BCUT2D eigenvalue weighted by Gasteiger charge is -2.18. The van der Waals surface area contributed by atoms with Gasteiger partial charge in [0.2, 0.25) is 5.91 Å². The summed E-state index contributed by atoms with van der Waals surface area (Å²) in [7, 11) is 3.19. The maximum absolute atomic E-state index is 12.5. The first-order valence-corrected chi connectivity index (χ1v) is 7.29. The van der Waals surface area contributed by atoms with Crippen molar-refractivity contribution in [1.29, 1.82) is 0 Å². The van der Waals surface area contributed by atoms with E-state index in [2.05, 4.69) is 5.32 Å². The van der Waals surface area contributed by atoms with E-state index >= 15 is 0 Å². The summed E-state index contributed by atoms with van der Waals surface area (Å²) in [4.78, 5) is 26.0. The van der Waals surface area contributed by atoms with Gasteiger partial charge in [-0.05, 0) is 23.8 Å². The Labute approximate surface area is 135 Å². The Kier molecular flexibility index (Phi) is 5.88. The van der Waals surface area contributed by atoms with Gasteiger partial charge in [0.25, 0.3) is 5.91 Å². The number of carbonyl (C=O) groups excluding carboxylic acids is 2. The molecule has 0 aromatic heterocycles. The molecule has 0 saturated carbocycles. The highest BCUT2D eigenvalue weighted by Gasteiger charge is 2.17. The van der Waals surface area contributed by atoms with Gasteiger partial charge in [0, 0.05) is 25.4 Å². The molecule has 2 amide bonds. The largest absolute Gasteiger partial charge is 0.380 e. The van der Waals surface area contributed by atoms with Gasteiger partial charge in [-0.1, -0.05) is 36.4 Å². The van der Waals surface area contributed by atoms with Crippen LogP contribution in [0.4, 0.5) is 5.69 Å². The zero-order valence-corrected chi connectivity index (χ0v) is 13.3. The summed E-state index contributed by atoms with van der Waals surface area (Å²) >= 11 is 0. The van der Waals surface area contributed by atoms with Gasteiger partial charge in [-0.25, -0.2) is 0 Å². The molecule has 2 aromatic carbocycles. The van der Waals surface area contributed by atoms with Gasteiger partial charge in [-0.15, -0.1) is 0 Å². The minimum absolute atomic E-state index is 0.0188. The van der Waals surface area contributed by atoms with E-state index in [0.29, 0.717) is 17.9 Å². The number of nitrogens with zero attached hydrogens (tertiary/aromatic N) is 1. The third kappa shape index (κ3) is 4.66. The SMILES string of the molecule is COCc1ccccc1C(=O)N(C)CC(=O)Nc1ccccc1. The van der Waals surface area contributed by atoms with Gasteiger partial charge < -0.3 is 15.0 Å². The highest BCUT2D eigenvalue weighted by molar-refractivity contribution is 6.00. The summed E-state index contributed by atoms with van der Waals surface area (Å²) in [5.74, 6) is -0.447. The van der Waals surface area contributed by atoms with Crippen LogP contribution in [0.1, 0.15) is 15.9 Å². The number of methoxy groups -OCH3 is 1. The maximum atomic E-state index is 12.5. The van der Waals surface area contributed by atoms with Gasteiger partial charge in [-0.2, -0.15) is 0 Å². The van der Waals surface area contributed by atoms with Crippen molar-refractivity contribution in [3.8, 4) is 0 Å². The smallest absolute Gasteiger partial charge is 0.254 e. The van der Waals surface area contributed by atoms with Gasteiger partial charge in [0.05, 0.1) is 13.2 Å². The second kappa shape index (κ2) is 8.10. The van der Waals surface area contributed by atoms with Crippen LogP contribution in [-0.2, 0) is 16.1 Å². The average molecular weight is 312 g/mol. The van der Waals surface area contributed by atoms with Crippen LogP contribution < -0.4 is 5.32 Å². The fourth-order valence-corrected chi connectivity index (χ4v) is 2.23. The Morgan fingerprint density at radius 1 is 1.04 bits per heavy atom. The van der Waals surface area contributed by atoms with Gasteiger partial charge >= 0.3 is 0 Å². The number of carbonyl (C=O) groups is 2. The molecule has 2 aromatic rings. The first-order chi connectivity index (χ1) is 11.1. The number of anilines is 1. The lowest BCUT2D eigenvalue weighted by Crippen LogP contribution is -2.35. The van der Waals surface area contributed by atoms with Crippen LogP contribution in [0.3, 0.4) is 0 Å². The zero-order chi connectivity index (χ0) is 16.7. The number of amides is 2. The van der Waals surface area contributed by atoms with Crippen molar-refractivity contribution in [2.24, 2.45) is 0 Å². The molecule has 0 spiro atoms. The Morgan fingerprint density at radius 3 is 2.39 bits per heavy atom. The number of hydrogen-bond donors (Lipinski definition) is 1. The quantitative estimate of drug-likeness (QED) is 0.892. The molecule has 5 nitrogen and oxygen atoms in total. The first-order valence-electron chi connectivity index (χ1n) is 7.29. The molecule has 1 N–H and O–H groups in total. The average Bonchev–Trinajstić information content (AvgIpc) is 2.56. The molecule has 120 valence electrons. The fourth-order valence-electron chi connectivity index (χ4n) is 2.23. The molecule has 0 fully saturated rings. The molecule has 0 unspecified atom stereocenters. The van der Waals surface area contributed by atoms with E-state index < -0.39 is 0 Å². The predicted molar refractivity (Wildman–Crippen MR) is 89.2 cm³/mol. The van der Waals surface area contributed by atoms with E-state index in [1.165, 1.54) is 4.90 Å². The molecule has 2 rings (SSSR count). The minimum atomic E-state index is -0.240. The number of likely N-dealkylation sites (N-methyl/N-ethyl adjacent to an activating group) is 1. The molecular formula is C18H20N2O3. The summed E-state index contributed by atoms with van der Waals surface area (Å²) in [6.07, 6.45) is 0. The predicted octanol–water partition coefficient (Wildman–Crippen LogP) is 2.54. The van der Waals surface area contributed by atoms with Crippen LogP contribution in [0.5, 0.6) is 0 Å². The van der Waals surface area contributed by atoms with Crippen LogP contribution in [-0.4, -0.2) is 37.4 Å². The monoisotopic (exact) mass is 312 g/mol. The molecule has 0 bridgehead atoms. The summed E-state index contributed by atoms with van der Waals surface area (Å²) < 4.78 is 5.11. The number of nitrogens with one attached hydrogen (secondary N) is 1. The summed E-state index contributed by atoms with van der Waals surface area (Å²) in [6.45, 7) is 0.334. The van der Waals surface area contributed by atoms with Crippen molar-refractivity contribution in [1.82, 2.24) is 4.90 Å². The standard InChI is InChI=1S/C18H20N2O3/c1-20(12-17(21)19-15-9-4-3-5-10-15)18(22)16-11-7-6-8-14(16)13-23-2/h3-11H,12-13H2,1-2H3,(H,19,21). The number of benzene rings is 2. The van der Waals surface area contributed by atoms with Crippen molar-refractivity contribution in [2.45, 2.75) is 6.61 Å². The molecule has 0 aliphatic carbocycles. The normalized spacial score (nSPS) is 10.2. The Bertz CT molecular complexity index is 671. The molecular weight excluding hydrogens is 292 g/mol. The van der Waals surface area contributed by atoms with Crippen molar-refractivity contribution < 1.29 is 14.3 Å². The van der Waals surface area contributed by atoms with E-state index in [0.717, 1.165) is 5.56 Å². The van der Waals surface area contributed by atoms with Crippen molar-refractivity contribution in [3.05, 3.63) is 65.7 Å². The molecule has 5 heteroatoms. The second-order valence-corrected chi connectivity index (χ2v) is 5.17. The third-order valence-corrected chi connectivity index (χ3v) is 3.33. The van der Waals surface area contributed by atoms with Crippen LogP contribution in [0.2, 0.25) is 0 Å². The minimum Gasteiger partial charge on any atom is -0.380 e. The van der Waals surface area contributed by atoms with Gasteiger partial charge in [0.15, 0.2) is 0 Å². The Balaban J connectivity index is 2.01. The van der Waals surface area contributed by atoms with Crippen molar-refractivity contribution in [2.75, 3.05) is 26.0 Å². The van der Waals surface area contributed by atoms with Crippen LogP contribution in [0.15, 0.2) is 54.6 Å². The zero-order valence-electron chi connectivity index (χ0n) is 13.3. The van der Waals surface area contributed by atoms with E-state index in [4.69, 9.17) is 4.74 Å². The summed E-state index contributed by atoms with van der Waals surface area (Å²) in [5.41, 5.74) is 2.05. The van der Waals surface area contributed by atoms with Gasteiger partial charge in [-0.3, -0.25) is 9.59 Å². The van der Waals surface area contributed by atoms with Crippen molar-refractivity contribution >= 4 is 17.5 Å². The lowest BCUT2D eigenvalue weighted by atomic mass is 10.1. The lowest BCUT2D eigenvalue weighted by molar-refractivity contribution is -0.116. The Morgan fingerprint density at radius 2 is 1.70 bits per heavy atom. The molecule has 0 heterocycles. The van der Waals surface area contributed by atoms with Crippen LogP contribution in [0, 0.1) is 0 Å². The van der Waals surface area contributed by atoms with Crippen LogP contribution >= 0.6 is 0 Å². The molecule has 0 atom stereocenters. The van der Waals surface area contributed by atoms with E-state index in [-0.39, 0.29) is 18.4 Å². The number of rotatable bonds is 6. The third-order valence-electron chi connectivity index (χ3n) is 3.33. The molecule has 0 aliphatic rings. The molecule has 23 heavy (non-hydrogen) atoms. The highest BCUT2D eigenvalue weighted by atomic mass is 16.5. The number of ether oxygens (including phenoxy) is 1. The maximum Gasteiger partial charge on any atom is 0.254 e.